The maximum Gasteiger partial charge on any atom is 0.0635 e. The van der Waals surface area contributed by atoms with Gasteiger partial charge in [0.2, 0.25) is 0 Å². The standard InChI is InChI=1S/C11H20N2O2/c1-14-9-7-13(6-3-5-12)11-4-2-8-15-10-11/h11H,2-4,6-10H2,1H3. The van der Waals surface area contributed by atoms with Gasteiger partial charge in [0.25, 0.3) is 0 Å². The predicted molar refractivity (Wildman–Crippen MR) is 57.5 cm³/mol. The first-order valence-corrected chi connectivity index (χ1v) is 5.56. The largest absolute Gasteiger partial charge is 0.383 e. The van der Waals surface area contributed by atoms with Gasteiger partial charge in [-0.1, -0.05) is 0 Å². The minimum Gasteiger partial charge on any atom is -0.383 e. The molecule has 1 unspecified atom stereocenters. The van der Waals surface area contributed by atoms with Crippen molar-refractivity contribution >= 4 is 0 Å². The third-order valence-corrected chi connectivity index (χ3v) is 2.75. The van der Waals surface area contributed by atoms with E-state index in [4.69, 9.17) is 14.7 Å². The summed E-state index contributed by atoms with van der Waals surface area (Å²) in [7, 11) is 1.71. The Balaban J connectivity index is 2.34. The molecule has 0 bridgehead atoms. The van der Waals surface area contributed by atoms with Crippen LogP contribution >= 0.6 is 0 Å². The summed E-state index contributed by atoms with van der Waals surface area (Å²) in [6.07, 6.45) is 2.88. The number of hydrogen-bond donors (Lipinski definition) is 0. The lowest BCUT2D eigenvalue weighted by Gasteiger charge is -2.33. The molecular formula is C11H20N2O2. The second-order valence-corrected chi connectivity index (χ2v) is 3.81. The van der Waals surface area contributed by atoms with Gasteiger partial charge in [-0.2, -0.15) is 5.26 Å². The summed E-state index contributed by atoms with van der Waals surface area (Å²) in [6.45, 7) is 4.13. The van der Waals surface area contributed by atoms with Crippen LogP contribution in [0, 0.1) is 11.3 Å². The van der Waals surface area contributed by atoms with E-state index in [9.17, 15) is 0 Å². The van der Waals surface area contributed by atoms with E-state index in [1.54, 1.807) is 7.11 Å². The Morgan fingerprint density at radius 3 is 3.00 bits per heavy atom. The number of nitrogens with zero attached hydrogens (tertiary/aromatic N) is 2. The van der Waals surface area contributed by atoms with Gasteiger partial charge in [-0.25, -0.2) is 0 Å². The third kappa shape index (κ3) is 4.61. The van der Waals surface area contributed by atoms with E-state index >= 15 is 0 Å². The Morgan fingerprint density at radius 2 is 2.40 bits per heavy atom. The van der Waals surface area contributed by atoms with Crippen molar-refractivity contribution in [3.8, 4) is 6.07 Å². The van der Waals surface area contributed by atoms with Crippen LogP contribution in [0.1, 0.15) is 19.3 Å². The lowest BCUT2D eigenvalue weighted by molar-refractivity contribution is 0.00983. The molecule has 0 aliphatic carbocycles. The van der Waals surface area contributed by atoms with E-state index in [1.807, 2.05) is 0 Å². The topological polar surface area (TPSA) is 45.5 Å². The highest BCUT2D eigenvalue weighted by atomic mass is 16.5. The molecule has 0 spiro atoms. The summed E-state index contributed by atoms with van der Waals surface area (Å²) in [5.41, 5.74) is 0. The van der Waals surface area contributed by atoms with Crippen molar-refractivity contribution in [2.24, 2.45) is 0 Å². The normalized spacial score (nSPS) is 21.5. The summed E-state index contributed by atoms with van der Waals surface area (Å²) in [6, 6.07) is 2.66. The average molecular weight is 212 g/mol. The number of rotatable bonds is 6. The highest BCUT2D eigenvalue weighted by Gasteiger charge is 2.20. The third-order valence-electron chi connectivity index (χ3n) is 2.75. The maximum atomic E-state index is 8.60. The fourth-order valence-corrected chi connectivity index (χ4v) is 1.89. The molecule has 86 valence electrons. The van der Waals surface area contributed by atoms with Crippen LogP contribution in [0.5, 0.6) is 0 Å². The summed E-state index contributed by atoms with van der Waals surface area (Å²) < 4.78 is 10.5. The van der Waals surface area contributed by atoms with Gasteiger partial charge in [0.05, 0.1) is 19.3 Å². The Bertz CT molecular complexity index is 197. The monoisotopic (exact) mass is 212 g/mol. The van der Waals surface area contributed by atoms with Gasteiger partial charge in [0.1, 0.15) is 0 Å². The molecule has 1 atom stereocenters. The molecule has 4 nitrogen and oxygen atoms in total. The van der Waals surface area contributed by atoms with Crippen molar-refractivity contribution in [2.45, 2.75) is 25.3 Å². The van der Waals surface area contributed by atoms with E-state index in [2.05, 4.69) is 11.0 Å². The summed E-state index contributed by atoms with van der Waals surface area (Å²) in [5, 5.41) is 8.60. The molecular weight excluding hydrogens is 192 g/mol. The molecule has 1 saturated heterocycles. The Morgan fingerprint density at radius 1 is 1.53 bits per heavy atom. The number of ether oxygens (including phenoxy) is 2. The summed E-state index contributed by atoms with van der Waals surface area (Å²) in [5.74, 6) is 0. The van der Waals surface area contributed by atoms with Gasteiger partial charge in [-0.3, -0.25) is 4.90 Å². The quantitative estimate of drug-likeness (QED) is 0.659. The highest BCUT2D eigenvalue weighted by Crippen LogP contribution is 2.13. The van der Waals surface area contributed by atoms with Crippen LogP contribution in [0.2, 0.25) is 0 Å². The Hall–Kier alpha value is -0.630. The second-order valence-electron chi connectivity index (χ2n) is 3.81. The predicted octanol–water partition coefficient (Wildman–Crippen LogP) is 1.03. The van der Waals surface area contributed by atoms with Crippen LogP contribution in [0.25, 0.3) is 0 Å². The van der Waals surface area contributed by atoms with E-state index in [0.29, 0.717) is 12.5 Å². The zero-order chi connectivity index (χ0) is 10.9. The summed E-state index contributed by atoms with van der Waals surface area (Å²) in [4.78, 5) is 2.31. The van der Waals surface area contributed by atoms with Gasteiger partial charge >= 0.3 is 0 Å². The first-order valence-electron chi connectivity index (χ1n) is 5.56. The van der Waals surface area contributed by atoms with Gasteiger partial charge < -0.3 is 9.47 Å². The molecule has 0 radical (unpaired) electrons. The Kier molecular flexibility index (Phi) is 6.33. The molecule has 0 N–H and O–H groups in total. The van der Waals surface area contributed by atoms with Gasteiger partial charge in [0.15, 0.2) is 0 Å². The molecule has 1 aliphatic rings. The van der Waals surface area contributed by atoms with Crippen LogP contribution in [0.15, 0.2) is 0 Å². The maximum absolute atomic E-state index is 8.60. The van der Waals surface area contributed by atoms with E-state index in [1.165, 1.54) is 6.42 Å². The van der Waals surface area contributed by atoms with Crippen LogP contribution < -0.4 is 0 Å². The number of hydrogen-bond acceptors (Lipinski definition) is 4. The molecule has 1 fully saturated rings. The lowest BCUT2D eigenvalue weighted by atomic mass is 10.1. The fraction of sp³-hybridized carbons (Fsp3) is 0.909. The summed E-state index contributed by atoms with van der Waals surface area (Å²) >= 11 is 0. The van der Waals surface area contributed by atoms with Gasteiger partial charge in [0, 0.05) is 39.3 Å². The van der Waals surface area contributed by atoms with Crippen molar-refractivity contribution in [1.29, 1.82) is 5.26 Å². The highest BCUT2D eigenvalue weighted by molar-refractivity contribution is 4.78. The van der Waals surface area contributed by atoms with Gasteiger partial charge in [-0.05, 0) is 12.8 Å². The fourth-order valence-electron chi connectivity index (χ4n) is 1.89. The van der Waals surface area contributed by atoms with Crippen molar-refractivity contribution in [1.82, 2.24) is 4.90 Å². The average Bonchev–Trinajstić information content (AvgIpc) is 2.30. The molecule has 15 heavy (non-hydrogen) atoms. The zero-order valence-corrected chi connectivity index (χ0v) is 9.45. The van der Waals surface area contributed by atoms with E-state index < -0.39 is 0 Å². The minimum atomic E-state index is 0.474. The van der Waals surface area contributed by atoms with Crippen LogP contribution in [-0.2, 0) is 9.47 Å². The van der Waals surface area contributed by atoms with Crippen molar-refractivity contribution in [3.63, 3.8) is 0 Å². The SMILES string of the molecule is COCCN(CCC#N)C1CCCOC1. The molecule has 0 aromatic carbocycles. The molecule has 0 saturated carbocycles. The van der Waals surface area contributed by atoms with E-state index in [0.717, 1.165) is 39.3 Å². The smallest absolute Gasteiger partial charge is 0.0635 e. The first-order chi connectivity index (χ1) is 7.38. The van der Waals surface area contributed by atoms with E-state index in [-0.39, 0.29) is 0 Å². The zero-order valence-electron chi connectivity index (χ0n) is 9.45. The van der Waals surface area contributed by atoms with Gasteiger partial charge in [-0.15, -0.1) is 0 Å². The van der Waals surface area contributed by atoms with Crippen LogP contribution in [-0.4, -0.2) is 51.0 Å². The first kappa shape index (κ1) is 12.4. The molecule has 0 amide bonds. The number of nitriles is 1. The molecule has 1 heterocycles. The van der Waals surface area contributed by atoms with Crippen molar-refractivity contribution in [2.75, 3.05) is 40.0 Å². The van der Waals surface area contributed by atoms with Crippen molar-refractivity contribution < 1.29 is 9.47 Å². The minimum absolute atomic E-state index is 0.474. The molecule has 0 aromatic rings. The van der Waals surface area contributed by atoms with Crippen LogP contribution in [0.4, 0.5) is 0 Å². The second kappa shape index (κ2) is 7.63. The number of methoxy groups -OCH3 is 1. The molecule has 1 aliphatic heterocycles. The molecule has 1 rings (SSSR count). The molecule has 0 aromatic heterocycles. The lowest BCUT2D eigenvalue weighted by Crippen LogP contribution is -2.43. The Labute approximate surface area is 91.8 Å². The molecule has 4 heteroatoms. The van der Waals surface area contributed by atoms with Crippen molar-refractivity contribution in [3.05, 3.63) is 0 Å². The van der Waals surface area contributed by atoms with Crippen LogP contribution in [0.3, 0.4) is 0 Å².